The van der Waals surface area contributed by atoms with Crippen LogP contribution >= 0.6 is 0 Å². The normalized spacial score (nSPS) is 15.5. The molecule has 0 saturated carbocycles. The van der Waals surface area contributed by atoms with Crippen molar-refractivity contribution in [3.05, 3.63) is 11.6 Å². The van der Waals surface area contributed by atoms with Gasteiger partial charge in [-0.1, -0.05) is 6.92 Å². The maximum absolute atomic E-state index is 9.37. The topological polar surface area (TPSA) is 77.0 Å². The first-order chi connectivity index (χ1) is 6.57. The molecule has 1 aromatic rings. The van der Waals surface area contributed by atoms with Gasteiger partial charge in [-0.3, -0.25) is 0 Å². The van der Waals surface area contributed by atoms with E-state index in [0.29, 0.717) is 5.82 Å². The highest BCUT2D eigenvalue weighted by atomic mass is 16.3. The molecule has 1 aromatic heterocycles. The number of nitrogens with two attached hydrogens (primary N) is 1. The van der Waals surface area contributed by atoms with Gasteiger partial charge in [0.05, 0.1) is 12.1 Å². The molecule has 1 rings (SSSR count). The molecule has 0 amide bonds. The minimum Gasteiger partial charge on any atom is -0.391 e. The molecule has 0 fully saturated rings. The molecule has 3 N–H and O–H groups in total. The van der Waals surface area contributed by atoms with Crippen molar-refractivity contribution in [1.29, 1.82) is 0 Å². The minimum absolute atomic E-state index is 0.456. The van der Waals surface area contributed by atoms with E-state index in [2.05, 4.69) is 17.1 Å². The zero-order valence-electron chi connectivity index (χ0n) is 8.94. The van der Waals surface area contributed by atoms with Crippen LogP contribution in [0.1, 0.15) is 38.0 Å². The molecule has 2 unspecified atom stereocenters. The molecular weight excluding hydrogens is 180 g/mol. The average Bonchev–Trinajstić information content (AvgIpc) is 2.48. The second-order valence-electron chi connectivity index (χ2n) is 3.52. The van der Waals surface area contributed by atoms with Crippen molar-refractivity contribution in [1.82, 2.24) is 14.8 Å². The van der Waals surface area contributed by atoms with Crippen LogP contribution in [-0.4, -0.2) is 26.0 Å². The first kappa shape index (κ1) is 11.1. The van der Waals surface area contributed by atoms with Crippen LogP contribution in [0.3, 0.4) is 0 Å². The van der Waals surface area contributed by atoms with Gasteiger partial charge in [-0.05, 0) is 20.3 Å². The van der Waals surface area contributed by atoms with E-state index in [0.717, 1.165) is 18.8 Å². The zero-order chi connectivity index (χ0) is 10.7. The Morgan fingerprint density at radius 2 is 2.14 bits per heavy atom. The molecule has 80 valence electrons. The van der Waals surface area contributed by atoms with Crippen LogP contribution in [0.15, 0.2) is 0 Å². The van der Waals surface area contributed by atoms with Gasteiger partial charge in [-0.15, -0.1) is 10.2 Å². The first-order valence-electron chi connectivity index (χ1n) is 4.91. The van der Waals surface area contributed by atoms with Crippen molar-refractivity contribution < 1.29 is 5.11 Å². The maximum atomic E-state index is 9.37. The molecule has 0 spiro atoms. The van der Waals surface area contributed by atoms with E-state index < -0.39 is 12.1 Å². The van der Waals surface area contributed by atoms with Crippen molar-refractivity contribution in [2.24, 2.45) is 5.73 Å². The fraction of sp³-hybridized carbons (Fsp3) is 0.778. The van der Waals surface area contributed by atoms with E-state index in [4.69, 9.17) is 5.73 Å². The summed E-state index contributed by atoms with van der Waals surface area (Å²) in [4.78, 5) is 0. The molecule has 14 heavy (non-hydrogen) atoms. The van der Waals surface area contributed by atoms with Crippen LogP contribution in [-0.2, 0) is 6.54 Å². The van der Waals surface area contributed by atoms with Gasteiger partial charge in [-0.2, -0.15) is 0 Å². The third kappa shape index (κ3) is 2.10. The van der Waals surface area contributed by atoms with Gasteiger partial charge in [0.25, 0.3) is 0 Å². The highest BCUT2D eigenvalue weighted by molar-refractivity contribution is 5.01. The first-order valence-corrected chi connectivity index (χ1v) is 4.91. The Bertz CT molecular complexity index is 295. The molecule has 5 nitrogen and oxygen atoms in total. The summed E-state index contributed by atoms with van der Waals surface area (Å²) >= 11 is 0. The van der Waals surface area contributed by atoms with Crippen molar-refractivity contribution >= 4 is 0 Å². The Hall–Kier alpha value is -0.940. The molecule has 0 saturated heterocycles. The fourth-order valence-corrected chi connectivity index (χ4v) is 1.36. The minimum atomic E-state index is -0.603. The van der Waals surface area contributed by atoms with Crippen LogP contribution in [0.2, 0.25) is 0 Å². The van der Waals surface area contributed by atoms with Gasteiger partial charge in [0.2, 0.25) is 0 Å². The molecule has 1 heterocycles. The van der Waals surface area contributed by atoms with Gasteiger partial charge in [0, 0.05) is 6.54 Å². The zero-order valence-corrected chi connectivity index (χ0v) is 8.94. The molecule has 0 aliphatic carbocycles. The number of rotatable bonds is 4. The lowest BCUT2D eigenvalue weighted by molar-refractivity contribution is 0.158. The Morgan fingerprint density at radius 3 is 2.64 bits per heavy atom. The lowest BCUT2D eigenvalue weighted by Crippen LogP contribution is -2.27. The summed E-state index contributed by atoms with van der Waals surface area (Å²) in [7, 11) is 0. The molecule has 2 atom stereocenters. The van der Waals surface area contributed by atoms with E-state index in [1.807, 2.05) is 11.5 Å². The van der Waals surface area contributed by atoms with Gasteiger partial charge < -0.3 is 15.4 Å². The smallest absolute Gasteiger partial charge is 0.152 e. The molecule has 0 radical (unpaired) electrons. The summed E-state index contributed by atoms with van der Waals surface area (Å²) < 4.78 is 1.96. The third-order valence-corrected chi connectivity index (χ3v) is 2.23. The standard InChI is InChI=1S/C9H18N4O/c1-4-5-13-7(3)11-12-9(13)8(10)6(2)14/h6,8,14H,4-5,10H2,1-3H3. The van der Waals surface area contributed by atoms with Crippen molar-refractivity contribution in [3.63, 3.8) is 0 Å². The fourth-order valence-electron chi connectivity index (χ4n) is 1.36. The van der Waals surface area contributed by atoms with Crippen molar-refractivity contribution in [2.45, 2.75) is 45.9 Å². The summed E-state index contributed by atoms with van der Waals surface area (Å²) in [5, 5.41) is 17.3. The Kier molecular flexibility index (Phi) is 3.60. The van der Waals surface area contributed by atoms with E-state index in [1.54, 1.807) is 6.92 Å². The number of hydrogen-bond acceptors (Lipinski definition) is 4. The number of aliphatic hydroxyl groups excluding tert-OH is 1. The van der Waals surface area contributed by atoms with Crippen LogP contribution in [0.4, 0.5) is 0 Å². The van der Waals surface area contributed by atoms with Crippen LogP contribution < -0.4 is 5.73 Å². The number of nitrogens with zero attached hydrogens (tertiary/aromatic N) is 3. The molecular formula is C9H18N4O. The summed E-state index contributed by atoms with van der Waals surface area (Å²) in [6.07, 6.45) is 0.396. The molecule has 5 heteroatoms. The summed E-state index contributed by atoms with van der Waals surface area (Å²) in [6.45, 7) is 6.47. The van der Waals surface area contributed by atoms with Gasteiger partial charge in [-0.25, -0.2) is 0 Å². The lowest BCUT2D eigenvalue weighted by atomic mass is 10.2. The predicted molar refractivity (Wildman–Crippen MR) is 53.7 cm³/mol. The Labute approximate surface area is 83.9 Å². The molecule has 0 bridgehead atoms. The molecule has 0 aliphatic rings. The number of hydrogen-bond donors (Lipinski definition) is 2. The van der Waals surface area contributed by atoms with Crippen molar-refractivity contribution in [2.75, 3.05) is 0 Å². The SMILES string of the molecule is CCCn1c(C)nnc1C(N)C(C)O. The number of aryl methyl sites for hydroxylation is 1. The second kappa shape index (κ2) is 4.52. The Balaban J connectivity index is 2.96. The van der Waals surface area contributed by atoms with Gasteiger partial charge in [0.15, 0.2) is 5.82 Å². The van der Waals surface area contributed by atoms with Crippen LogP contribution in [0.5, 0.6) is 0 Å². The third-order valence-electron chi connectivity index (χ3n) is 2.23. The highest BCUT2D eigenvalue weighted by Crippen LogP contribution is 2.13. The van der Waals surface area contributed by atoms with Crippen LogP contribution in [0.25, 0.3) is 0 Å². The van der Waals surface area contributed by atoms with E-state index in [-0.39, 0.29) is 0 Å². The predicted octanol–water partition coefficient (Wildman–Crippen LogP) is 0.377. The summed E-state index contributed by atoms with van der Waals surface area (Å²) in [5.74, 6) is 1.51. The summed E-state index contributed by atoms with van der Waals surface area (Å²) in [6, 6.07) is -0.456. The van der Waals surface area contributed by atoms with Gasteiger partial charge in [0.1, 0.15) is 5.82 Å². The maximum Gasteiger partial charge on any atom is 0.152 e. The largest absolute Gasteiger partial charge is 0.391 e. The quantitative estimate of drug-likeness (QED) is 0.733. The molecule has 0 aliphatic heterocycles. The van der Waals surface area contributed by atoms with Gasteiger partial charge >= 0.3 is 0 Å². The van der Waals surface area contributed by atoms with E-state index in [1.165, 1.54) is 0 Å². The number of aliphatic hydroxyl groups is 1. The van der Waals surface area contributed by atoms with Crippen molar-refractivity contribution in [3.8, 4) is 0 Å². The molecule has 0 aromatic carbocycles. The second-order valence-corrected chi connectivity index (χ2v) is 3.52. The van der Waals surface area contributed by atoms with E-state index in [9.17, 15) is 5.11 Å². The highest BCUT2D eigenvalue weighted by Gasteiger charge is 2.19. The number of aromatic nitrogens is 3. The average molecular weight is 198 g/mol. The van der Waals surface area contributed by atoms with Crippen LogP contribution in [0, 0.1) is 6.92 Å². The lowest BCUT2D eigenvalue weighted by Gasteiger charge is -2.15. The summed E-state index contributed by atoms with van der Waals surface area (Å²) in [5.41, 5.74) is 5.81. The van der Waals surface area contributed by atoms with E-state index >= 15 is 0 Å². The monoisotopic (exact) mass is 198 g/mol. The Morgan fingerprint density at radius 1 is 1.50 bits per heavy atom.